The first-order valence-electron chi connectivity index (χ1n) is 12.5. The number of aryl methyl sites for hydroxylation is 2. The van der Waals surface area contributed by atoms with E-state index >= 15 is 0 Å². The Kier molecular flexibility index (Phi) is 7.86. The summed E-state index contributed by atoms with van der Waals surface area (Å²) in [5.41, 5.74) is 3.63. The van der Waals surface area contributed by atoms with Crippen molar-refractivity contribution in [2.24, 2.45) is 0 Å². The Hall–Kier alpha value is -3.83. The predicted molar refractivity (Wildman–Crippen MR) is 163 cm³/mol. The van der Waals surface area contributed by atoms with Crippen LogP contribution in [0.5, 0.6) is 5.75 Å². The number of Topliss-reactive ketones (excluding diaryl/α,β-unsaturated/α-hetero) is 2. The summed E-state index contributed by atoms with van der Waals surface area (Å²) in [6.45, 7) is 5.53. The number of ether oxygens (including phenoxy) is 1. The van der Waals surface area contributed by atoms with E-state index in [4.69, 9.17) is 4.74 Å². The quantitative estimate of drug-likeness (QED) is 0.0771. The molecule has 1 fully saturated rings. The predicted octanol–water partition coefficient (Wildman–Crippen LogP) is 6.77. The van der Waals surface area contributed by atoms with Crippen LogP contribution < -0.4 is 9.64 Å². The number of amides is 1. The highest BCUT2D eigenvalue weighted by Crippen LogP contribution is 2.44. The molecule has 1 amide bonds. The number of rotatable bonds is 7. The van der Waals surface area contributed by atoms with E-state index in [2.05, 4.69) is 27.6 Å². The average molecular weight is 665 g/mol. The molecular formula is C31H25IN2O5S. The molecule has 1 N–H and O–H groups in total. The molecule has 2 heterocycles. The Labute approximate surface area is 249 Å². The number of hydrogen-bond donors (Lipinski definition) is 1. The van der Waals surface area contributed by atoms with Gasteiger partial charge in [-0.1, -0.05) is 53.3 Å². The minimum atomic E-state index is -0.917. The van der Waals surface area contributed by atoms with E-state index in [1.807, 2.05) is 55.5 Å². The molecule has 40 heavy (non-hydrogen) atoms. The van der Waals surface area contributed by atoms with Gasteiger partial charge >= 0.3 is 5.91 Å². The first-order valence-corrected chi connectivity index (χ1v) is 14.4. The van der Waals surface area contributed by atoms with Gasteiger partial charge in [-0.05, 0) is 84.0 Å². The number of carbonyl (C=O) groups is 3. The Morgan fingerprint density at radius 2 is 1.75 bits per heavy atom. The summed E-state index contributed by atoms with van der Waals surface area (Å²) in [4.78, 5) is 45.0. The number of aromatic nitrogens is 1. The maximum atomic E-state index is 13.4. The van der Waals surface area contributed by atoms with Crippen molar-refractivity contribution in [3.05, 3.63) is 115 Å². The zero-order valence-electron chi connectivity index (χ0n) is 22.0. The van der Waals surface area contributed by atoms with Gasteiger partial charge in [0.05, 0.1) is 22.2 Å². The van der Waals surface area contributed by atoms with Gasteiger partial charge < -0.3 is 9.84 Å². The molecule has 1 atom stereocenters. The van der Waals surface area contributed by atoms with Crippen molar-refractivity contribution in [2.75, 3.05) is 4.90 Å². The fraction of sp³-hybridized carbons (Fsp3) is 0.161. The molecule has 0 aliphatic carbocycles. The van der Waals surface area contributed by atoms with E-state index in [-0.39, 0.29) is 22.2 Å². The summed E-state index contributed by atoms with van der Waals surface area (Å²) in [6, 6.07) is 21.2. The maximum Gasteiger partial charge on any atom is 0.301 e. The molecule has 5 rings (SSSR count). The number of thiazole rings is 1. The molecule has 4 aromatic rings. The summed E-state index contributed by atoms with van der Waals surface area (Å²) in [6.07, 6.45) is 0. The second-order valence-corrected chi connectivity index (χ2v) is 11.7. The van der Waals surface area contributed by atoms with Gasteiger partial charge in [0.2, 0.25) is 0 Å². The minimum Gasteiger partial charge on any atom is -0.507 e. The molecule has 0 spiro atoms. The SMILES string of the molecule is CC(=O)c1sc(N2C(=O)C(=O)C(=C(O)c3ccc(OCc4cccc(C)c4)cc3)C2c2ccc(I)cc2)nc1C. The standard InChI is InChI=1S/C31H25IN2O5S/c1-17-5-4-6-20(15-17)16-39-24-13-9-22(10-14-24)27(36)25-26(21-7-11-23(32)12-8-21)34(30(38)28(25)37)31-33-18(2)29(40-31)19(3)35/h4-15,26,36H,16H2,1-3H3. The van der Waals surface area contributed by atoms with Crippen molar-refractivity contribution < 1.29 is 24.2 Å². The largest absolute Gasteiger partial charge is 0.507 e. The Morgan fingerprint density at radius 3 is 2.38 bits per heavy atom. The van der Waals surface area contributed by atoms with Gasteiger partial charge in [0.15, 0.2) is 10.9 Å². The number of aliphatic hydroxyl groups is 1. The highest BCUT2D eigenvalue weighted by Gasteiger charge is 2.48. The van der Waals surface area contributed by atoms with Crippen molar-refractivity contribution in [2.45, 2.75) is 33.4 Å². The Morgan fingerprint density at radius 1 is 1.05 bits per heavy atom. The molecule has 7 nitrogen and oxygen atoms in total. The molecular weight excluding hydrogens is 639 g/mol. The lowest BCUT2D eigenvalue weighted by atomic mass is 9.95. The van der Waals surface area contributed by atoms with Crippen molar-refractivity contribution >= 4 is 62.3 Å². The summed E-state index contributed by atoms with van der Waals surface area (Å²) < 4.78 is 6.87. The maximum absolute atomic E-state index is 13.4. The smallest absolute Gasteiger partial charge is 0.301 e. The van der Waals surface area contributed by atoms with E-state index in [0.29, 0.717) is 34.1 Å². The van der Waals surface area contributed by atoms with E-state index in [1.165, 1.54) is 11.8 Å². The van der Waals surface area contributed by atoms with E-state index < -0.39 is 17.7 Å². The van der Waals surface area contributed by atoms with Crippen molar-refractivity contribution in [1.29, 1.82) is 0 Å². The van der Waals surface area contributed by atoms with Crippen LogP contribution in [0.15, 0.2) is 78.4 Å². The molecule has 1 unspecified atom stereocenters. The van der Waals surface area contributed by atoms with Gasteiger partial charge in [-0.2, -0.15) is 0 Å². The third kappa shape index (κ3) is 5.44. The Bertz CT molecular complexity index is 1660. The Balaban J connectivity index is 1.52. The third-order valence-electron chi connectivity index (χ3n) is 6.56. The van der Waals surface area contributed by atoms with Gasteiger partial charge in [0.25, 0.3) is 5.78 Å². The van der Waals surface area contributed by atoms with E-state index in [9.17, 15) is 19.5 Å². The molecule has 1 aliphatic heterocycles. The summed E-state index contributed by atoms with van der Waals surface area (Å²) >= 11 is 3.23. The molecule has 1 aromatic heterocycles. The molecule has 1 aliphatic rings. The third-order valence-corrected chi connectivity index (χ3v) is 8.53. The normalized spacial score (nSPS) is 16.4. The lowest BCUT2D eigenvalue weighted by Gasteiger charge is -2.23. The minimum absolute atomic E-state index is 0.0446. The fourth-order valence-corrected chi connectivity index (χ4v) is 5.98. The molecule has 0 radical (unpaired) electrons. The molecule has 3 aromatic carbocycles. The number of halogens is 1. The molecule has 1 saturated heterocycles. The van der Waals surface area contributed by atoms with Crippen LogP contribution in [0.4, 0.5) is 5.13 Å². The zero-order chi connectivity index (χ0) is 28.6. The van der Waals surface area contributed by atoms with Crippen molar-refractivity contribution in [3.63, 3.8) is 0 Å². The first-order chi connectivity index (χ1) is 19.1. The van der Waals surface area contributed by atoms with E-state index in [1.54, 1.807) is 31.2 Å². The average Bonchev–Trinajstić information content (AvgIpc) is 3.44. The number of benzene rings is 3. The summed E-state index contributed by atoms with van der Waals surface area (Å²) in [7, 11) is 0. The molecule has 9 heteroatoms. The van der Waals surface area contributed by atoms with Gasteiger partial charge in [0.1, 0.15) is 18.1 Å². The number of ketones is 2. The van der Waals surface area contributed by atoms with Crippen LogP contribution in [0.3, 0.4) is 0 Å². The first kappa shape index (κ1) is 27.7. The monoisotopic (exact) mass is 664 g/mol. The van der Waals surface area contributed by atoms with E-state index in [0.717, 1.165) is 26.0 Å². The number of anilines is 1. The van der Waals surface area contributed by atoms with Gasteiger partial charge in [-0.25, -0.2) is 4.98 Å². The van der Waals surface area contributed by atoms with Crippen molar-refractivity contribution in [1.82, 2.24) is 4.98 Å². The lowest BCUT2D eigenvalue weighted by molar-refractivity contribution is -0.132. The van der Waals surface area contributed by atoms with Gasteiger partial charge in [-0.3, -0.25) is 19.3 Å². The lowest BCUT2D eigenvalue weighted by Crippen LogP contribution is -2.29. The van der Waals surface area contributed by atoms with Crippen LogP contribution in [0.25, 0.3) is 5.76 Å². The highest BCUT2D eigenvalue weighted by atomic mass is 127. The van der Waals surface area contributed by atoms with Crippen LogP contribution >= 0.6 is 33.9 Å². The molecule has 0 saturated carbocycles. The van der Waals surface area contributed by atoms with Crippen LogP contribution in [0, 0.1) is 17.4 Å². The number of carbonyl (C=O) groups excluding carboxylic acids is 3. The summed E-state index contributed by atoms with van der Waals surface area (Å²) in [5.74, 6) is -1.50. The zero-order valence-corrected chi connectivity index (χ0v) is 24.9. The van der Waals surface area contributed by atoms with Crippen LogP contribution in [-0.4, -0.2) is 27.6 Å². The van der Waals surface area contributed by atoms with Gasteiger partial charge in [0, 0.05) is 16.1 Å². The second kappa shape index (κ2) is 11.3. The topological polar surface area (TPSA) is 96.8 Å². The fourth-order valence-electron chi connectivity index (χ4n) is 4.64. The number of nitrogens with zero attached hydrogens (tertiary/aromatic N) is 2. The van der Waals surface area contributed by atoms with Crippen LogP contribution in [-0.2, 0) is 16.2 Å². The highest BCUT2D eigenvalue weighted by molar-refractivity contribution is 14.1. The summed E-state index contributed by atoms with van der Waals surface area (Å²) in [5, 5.41) is 11.6. The molecule has 0 bridgehead atoms. The molecule has 202 valence electrons. The van der Waals surface area contributed by atoms with Crippen molar-refractivity contribution in [3.8, 4) is 5.75 Å². The van der Waals surface area contributed by atoms with Gasteiger partial charge in [-0.15, -0.1) is 0 Å². The van der Waals surface area contributed by atoms with Crippen LogP contribution in [0.2, 0.25) is 0 Å². The second-order valence-electron chi connectivity index (χ2n) is 9.49. The van der Waals surface area contributed by atoms with Crippen LogP contribution in [0.1, 0.15) is 50.6 Å². The number of aliphatic hydroxyl groups excluding tert-OH is 1. The number of hydrogen-bond acceptors (Lipinski definition) is 7.